The van der Waals surface area contributed by atoms with E-state index in [0.717, 1.165) is 13.1 Å². The van der Waals surface area contributed by atoms with Crippen molar-refractivity contribution in [1.29, 1.82) is 0 Å². The van der Waals surface area contributed by atoms with E-state index in [1.165, 1.54) is 11.3 Å². The molecule has 120 valence electrons. The summed E-state index contributed by atoms with van der Waals surface area (Å²) in [5.41, 5.74) is 5.82. The van der Waals surface area contributed by atoms with E-state index < -0.39 is 0 Å². The lowest BCUT2D eigenvalue weighted by Crippen LogP contribution is -2.36. The Hall–Kier alpha value is -1.34. The molecule has 0 aliphatic heterocycles. The molecule has 0 saturated carbocycles. The van der Waals surface area contributed by atoms with Crippen LogP contribution in [-0.4, -0.2) is 48.5 Å². The fourth-order valence-electron chi connectivity index (χ4n) is 1.55. The first-order valence-corrected chi connectivity index (χ1v) is 8.11. The smallest absolute Gasteiger partial charge is 0.265 e. The Morgan fingerprint density at radius 2 is 2.05 bits per heavy atom. The van der Waals surface area contributed by atoms with Gasteiger partial charge >= 0.3 is 0 Å². The highest BCUT2D eigenvalue weighted by atomic mass is 32.1. The second kappa shape index (κ2) is 8.19. The second-order valence-electron chi connectivity index (χ2n) is 5.84. The lowest BCUT2D eigenvalue weighted by Gasteiger charge is -2.20. The summed E-state index contributed by atoms with van der Waals surface area (Å²) in [6.07, 6.45) is 0. The molecule has 0 fully saturated rings. The number of amides is 1. The summed E-state index contributed by atoms with van der Waals surface area (Å²) in [6.45, 7) is 10.7. The summed E-state index contributed by atoms with van der Waals surface area (Å²) >= 11 is 1.30. The number of carbonyl (C=O) groups is 1. The Balaban J connectivity index is 2.50. The molecule has 21 heavy (non-hydrogen) atoms. The first-order valence-electron chi connectivity index (χ1n) is 7.29. The van der Waals surface area contributed by atoms with Crippen LogP contribution < -0.4 is 16.4 Å². The van der Waals surface area contributed by atoms with Gasteiger partial charge < -0.3 is 21.3 Å². The third-order valence-corrected chi connectivity index (χ3v) is 4.18. The number of hydrogen-bond donors (Lipinski definition) is 3. The van der Waals surface area contributed by atoms with Crippen LogP contribution in [0.15, 0.2) is 0 Å². The minimum Gasteiger partial charge on any atom is -0.382 e. The van der Waals surface area contributed by atoms with Crippen LogP contribution in [0.5, 0.6) is 0 Å². The highest BCUT2D eigenvalue weighted by molar-refractivity contribution is 7.18. The maximum absolute atomic E-state index is 12.1. The molecule has 1 rings (SSSR count). The highest BCUT2D eigenvalue weighted by Crippen LogP contribution is 2.24. The van der Waals surface area contributed by atoms with Crippen molar-refractivity contribution in [3.63, 3.8) is 0 Å². The predicted octanol–water partition coefficient (Wildman–Crippen LogP) is 1.86. The Bertz CT molecular complexity index is 458. The van der Waals surface area contributed by atoms with Crippen molar-refractivity contribution in [2.45, 2.75) is 33.7 Å². The molecule has 1 aromatic heterocycles. The number of carbonyl (C=O) groups excluding carboxylic acids is 1. The van der Waals surface area contributed by atoms with Gasteiger partial charge in [-0.2, -0.15) is 0 Å². The van der Waals surface area contributed by atoms with Crippen LogP contribution in [0.2, 0.25) is 0 Å². The van der Waals surface area contributed by atoms with Gasteiger partial charge in [-0.3, -0.25) is 4.79 Å². The fourth-order valence-corrected chi connectivity index (χ4v) is 2.35. The number of likely N-dealkylation sites (N-methyl/N-ethyl adjacent to an activating group) is 1. The van der Waals surface area contributed by atoms with Crippen LogP contribution >= 0.6 is 11.3 Å². The van der Waals surface area contributed by atoms with Crippen molar-refractivity contribution in [1.82, 2.24) is 15.2 Å². The Labute approximate surface area is 131 Å². The predicted molar refractivity (Wildman–Crippen MR) is 90.0 cm³/mol. The molecule has 1 heterocycles. The maximum atomic E-state index is 12.1. The zero-order valence-corrected chi connectivity index (χ0v) is 14.4. The third-order valence-electron chi connectivity index (χ3n) is 3.15. The van der Waals surface area contributed by atoms with Crippen LogP contribution in [0.25, 0.3) is 0 Å². The summed E-state index contributed by atoms with van der Waals surface area (Å²) in [5.74, 6) is 0.652. The molecule has 0 aromatic carbocycles. The zero-order valence-electron chi connectivity index (χ0n) is 13.6. The van der Waals surface area contributed by atoms with Gasteiger partial charge in [-0.25, -0.2) is 4.98 Å². The van der Waals surface area contributed by atoms with E-state index in [2.05, 4.69) is 48.2 Å². The van der Waals surface area contributed by atoms with Crippen LogP contribution in [0.3, 0.4) is 0 Å². The van der Waals surface area contributed by atoms with E-state index in [4.69, 9.17) is 5.73 Å². The minimum atomic E-state index is -0.153. The average Bonchev–Trinajstić information content (AvgIpc) is 2.77. The molecule has 0 aliphatic carbocycles. The first-order chi connectivity index (χ1) is 9.81. The summed E-state index contributed by atoms with van der Waals surface area (Å²) < 4.78 is 0. The van der Waals surface area contributed by atoms with E-state index in [-0.39, 0.29) is 5.91 Å². The van der Waals surface area contributed by atoms with Crippen LogP contribution in [-0.2, 0) is 0 Å². The average molecular weight is 313 g/mol. The van der Waals surface area contributed by atoms with E-state index in [0.29, 0.717) is 34.3 Å². The van der Waals surface area contributed by atoms with Crippen molar-refractivity contribution >= 4 is 28.2 Å². The van der Waals surface area contributed by atoms with E-state index in [9.17, 15) is 4.79 Å². The molecule has 0 radical (unpaired) electrons. The standard InChI is InChI=1S/C14H27N5OS/c1-9(2)8-17-14-18-12(15)11(21-14)13(20)16-6-7-19(5)10(3)4/h9-10H,6-8,15H2,1-5H3,(H,16,20)(H,17,18). The number of aromatic nitrogens is 1. The van der Waals surface area contributed by atoms with Crippen LogP contribution in [0, 0.1) is 5.92 Å². The van der Waals surface area contributed by atoms with Gasteiger partial charge in [-0.15, -0.1) is 0 Å². The number of nitrogens with zero attached hydrogens (tertiary/aromatic N) is 2. The van der Waals surface area contributed by atoms with Gasteiger partial charge in [0.25, 0.3) is 5.91 Å². The minimum absolute atomic E-state index is 0.153. The quantitative estimate of drug-likeness (QED) is 0.682. The number of nitrogens with two attached hydrogens (primary N) is 1. The summed E-state index contributed by atoms with van der Waals surface area (Å²) in [4.78, 5) is 18.9. The van der Waals surface area contributed by atoms with E-state index in [1.807, 2.05) is 7.05 Å². The van der Waals surface area contributed by atoms with E-state index in [1.54, 1.807) is 0 Å². The van der Waals surface area contributed by atoms with Gasteiger partial charge in [0.2, 0.25) is 0 Å². The molecule has 0 atom stereocenters. The van der Waals surface area contributed by atoms with Crippen molar-refractivity contribution in [2.24, 2.45) is 5.92 Å². The summed E-state index contributed by atoms with van der Waals surface area (Å²) in [7, 11) is 2.03. The van der Waals surface area contributed by atoms with Gasteiger partial charge in [0, 0.05) is 25.7 Å². The number of nitrogens with one attached hydrogen (secondary N) is 2. The number of anilines is 2. The SMILES string of the molecule is CC(C)CNc1nc(N)c(C(=O)NCCN(C)C(C)C)s1. The molecule has 0 unspecified atom stereocenters. The monoisotopic (exact) mass is 313 g/mol. The number of thiazole rings is 1. The molecule has 6 nitrogen and oxygen atoms in total. The normalized spacial score (nSPS) is 11.4. The van der Waals surface area contributed by atoms with Gasteiger partial charge in [-0.05, 0) is 26.8 Å². The Kier molecular flexibility index (Phi) is 6.91. The van der Waals surface area contributed by atoms with Crippen molar-refractivity contribution < 1.29 is 4.79 Å². The molecule has 4 N–H and O–H groups in total. The first kappa shape index (κ1) is 17.7. The molecule has 0 aliphatic rings. The molecular formula is C14H27N5OS. The van der Waals surface area contributed by atoms with Gasteiger partial charge in [-0.1, -0.05) is 25.2 Å². The molecule has 0 spiro atoms. The third kappa shape index (κ3) is 5.89. The fraction of sp³-hybridized carbons (Fsp3) is 0.714. The van der Waals surface area contributed by atoms with Gasteiger partial charge in [0.05, 0.1) is 0 Å². The molecule has 0 bridgehead atoms. The molecule has 1 aromatic rings. The molecular weight excluding hydrogens is 286 g/mol. The zero-order chi connectivity index (χ0) is 16.0. The summed E-state index contributed by atoms with van der Waals surface area (Å²) in [5, 5.41) is 6.77. The van der Waals surface area contributed by atoms with E-state index >= 15 is 0 Å². The van der Waals surface area contributed by atoms with Gasteiger partial charge in [0.15, 0.2) is 5.13 Å². The maximum Gasteiger partial charge on any atom is 0.265 e. The number of rotatable bonds is 8. The van der Waals surface area contributed by atoms with Gasteiger partial charge in [0.1, 0.15) is 10.7 Å². The van der Waals surface area contributed by atoms with Crippen LogP contribution in [0.4, 0.5) is 10.9 Å². The number of nitrogen functional groups attached to an aromatic ring is 1. The van der Waals surface area contributed by atoms with Crippen molar-refractivity contribution in [3.8, 4) is 0 Å². The largest absolute Gasteiger partial charge is 0.382 e. The highest BCUT2D eigenvalue weighted by Gasteiger charge is 2.16. The Morgan fingerprint density at radius 3 is 2.62 bits per heavy atom. The lowest BCUT2D eigenvalue weighted by molar-refractivity contribution is 0.0953. The second-order valence-corrected chi connectivity index (χ2v) is 6.84. The topological polar surface area (TPSA) is 83.3 Å². The van der Waals surface area contributed by atoms with Crippen LogP contribution in [0.1, 0.15) is 37.4 Å². The summed E-state index contributed by atoms with van der Waals surface area (Å²) in [6, 6.07) is 0.460. The molecule has 7 heteroatoms. The van der Waals surface area contributed by atoms with Crippen molar-refractivity contribution in [2.75, 3.05) is 37.7 Å². The Morgan fingerprint density at radius 1 is 1.38 bits per heavy atom. The molecule has 0 saturated heterocycles. The molecule has 1 amide bonds. The van der Waals surface area contributed by atoms with Crippen molar-refractivity contribution in [3.05, 3.63) is 4.88 Å². The number of hydrogen-bond acceptors (Lipinski definition) is 6. The lowest BCUT2D eigenvalue weighted by atomic mass is 10.2.